The molecule has 2 aromatic carbocycles. The van der Waals surface area contributed by atoms with Crippen LogP contribution in [0.25, 0.3) is 0 Å². The van der Waals surface area contributed by atoms with Crippen LogP contribution in [0.15, 0.2) is 54.6 Å². The van der Waals surface area contributed by atoms with Crippen molar-refractivity contribution in [2.45, 2.75) is 43.9 Å². The molecule has 0 saturated carbocycles. The molecule has 1 atom stereocenters. The standard InChI is InChI=1S/C28H33N3O5/c1-35-23-11-9-22(10-12-23)26(33)31-24(27(34)30-15-5-6-16-30)20-36-28(31)13-17-29(18-14-28)25(32)19-21-7-3-2-4-8-21/h2-4,7-12,24H,5-6,13-20H2,1H3/t24-/m0/s1. The molecule has 8 nitrogen and oxygen atoms in total. The second kappa shape index (κ2) is 10.3. The quantitative estimate of drug-likeness (QED) is 0.643. The Kier molecular flexibility index (Phi) is 6.96. The summed E-state index contributed by atoms with van der Waals surface area (Å²) in [5, 5.41) is 0. The molecule has 5 rings (SSSR count). The summed E-state index contributed by atoms with van der Waals surface area (Å²) in [6.07, 6.45) is 3.25. The highest BCUT2D eigenvalue weighted by molar-refractivity contribution is 5.98. The van der Waals surface area contributed by atoms with Gasteiger partial charge in [-0.1, -0.05) is 30.3 Å². The third-order valence-electron chi connectivity index (χ3n) is 7.61. The van der Waals surface area contributed by atoms with E-state index in [1.807, 2.05) is 40.1 Å². The molecule has 3 aliphatic heterocycles. The first-order chi connectivity index (χ1) is 17.5. The smallest absolute Gasteiger partial charge is 0.256 e. The normalized spacial score (nSPS) is 21.1. The number of hydrogen-bond acceptors (Lipinski definition) is 5. The second-order valence-corrected chi connectivity index (χ2v) is 9.75. The predicted octanol–water partition coefficient (Wildman–Crippen LogP) is 2.72. The van der Waals surface area contributed by atoms with Crippen molar-refractivity contribution in [2.24, 2.45) is 0 Å². The molecular weight excluding hydrogens is 458 g/mol. The Morgan fingerprint density at radius 2 is 1.58 bits per heavy atom. The molecule has 3 amide bonds. The molecule has 0 N–H and O–H groups in total. The van der Waals surface area contributed by atoms with Crippen molar-refractivity contribution in [1.29, 1.82) is 0 Å². The molecule has 3 fully saturated rings. The summed E-state index contributed by atoms with van der Waals surface area (Å²) >= 11 is 0. The van der Waals surface area contributed by atoms with Crippen molar-refractivity contribution in [3.05, 3.63) is 65.7 Å². The predicted molar refractivity (Wildman–Crippen MR) is 133 cm³/mol. The molecule has 0 aliphatic carbocycles. The van der Waals surface area contributed by atoms with E-state index in [1.165, 1.54) is 0 Å². The Morgan fingerprint density at radius 1 is 0.917 bits per heavy atom. The molecule has 8 heteroatoms. The molecule has 0 radical (unpaired) electrons. The monoisotopic (exact) mass is 491 g/mol. The van der Waals surface area contributed by atoms with E-state index in [0.717, 1.165) is 18.4 Å². The Labute approximate surface area is 211 Å². The van der Waals surface area contributed by atoms with E-state index < -0.39 is 11.8 Å². The number of nitrogens with zero attached hydrogens (tertiary/aromatic N) is 3. The number of rotatable bonds is 5. The summed E-state index contributed by atoms with van der Waals surface area (Å²) in [7, 11) is 1.58. The van der Waals surface area contributed by atoms with Crippen molar-refractivity contribution < 1.29 is 23.9 Å². The third-order valence-corrected chi connectivity index (χ3v) is 7.61. The number of carbonyl (C=O) groups is 3. The summed E-state index contributed by atoms with van der Waals surface area (Å²) in [6, 6.07) is 16.0. The molecule has 2 aromatic rings. The first kappa shape index (κ1) is 24.3. The van der Waals surface area contributed by atoms with Gasteiger partial charge in [0.2, 0.25) is 11.8 Å². The highest BCUT2D eigenvalue weighted by Crippen LogP contribution is 2.39. The molecule has 0 unspecified atom stereocenters. The zero-order valence-corrected chi connectivity index (χ0v) is 20.7. The average Bonchev–Trinajstić information content (AvgIpc) is 3.58. The Hall–Kier alpha value is -3.39. The third kappa shape index (κ3) is 4.69. The van der Waals surface area contributed by atoms with Crippen LogP contribution in [0.2, 0.25) is 0 Å². The van der Waals surface area contributed by atoms with Crippen molar-refractivity contribution >= 4 is 17.7 Å². The zero-order chi connectivity index (χ0) is 25.1. The lowest BCUT2D eigenvalue weighted by Gasteiger charge is -2.44. The summed E-state index contributed by atoms with van der Waals surface area (Å²) in [5.41, 5.74) is 0.565. The van der Waals surface area contributed by atoms with Gasteiger partial charge < -0.3 is 19.3 Å². The van der Waals surface area contributed by atoms with E-state index in [1.54, 1.807) is 36.3 Å². The van der Waals surface area contributed by atoms with E-state index in [9.17, 15) is 14.4 Å². The fourth-order valence-corrected chi connectivity index (χ4v) is 5.56. The van der Waals surface area contributed by atoms with Gasteiger partial charge in [-0.2, -0.15) is 0 Å². The molecule has 0 aromatic heterocycles. The van der Waals surface area contributed by atoms with Gasteiger partial charge in [0.05, 0.1) is 20.1 Å². The maximum Gasteiger partial charge on any atom is 0.256 e. The second-order valence-electron chi connectivity index (χ2n) is 9.75. The number of amides is 3. The first-order valence-electron chi connectivity index (χ1n) is 12.7. The van der Waals surface area contributed by atoms with Gasteiger partial charge in [0.25, 0.3) is 5.91 Å². The van der Waals surface area contributed by atoms with Crippen molar-refractivity contribution in [2.75, 3.05) is 39.9 Å². The number of piperidine rings is 1. The summed E-state index contributed by atoms with van der Waals surface area (Å²) in [6.45, 7) is 2.56. The lowest BCUT2D eigenvalue weighted by Crippen LogP contribution is -2.60. The summed E-state index contributed by atoms with van der Waals surface area (Å²) in [4.78, 5) is 45.6. The highest BCUT2D eigenvalue weighted by atomic mass is 16.5. The van der Waals surface area contributed by atoms with Crippen LogP contribution in [0.3, 0.4) is 0 Å². The maximum atomic E-state index is 13.9. The lowest BCUT2D eigenvalue weighted by molar-refractivity contribution is -0.144. The van der Waals surface area contributed by atoms with Gasteiger partial charge in [-0.05, 0) is 42.7 Å². The van der Waals surface area contributed by atoms with Crippen molar-refractivity contribution in [3.63, 3.8) is 0 Å². The minimum absolute atomic E-state index is 0.0474. The minimum Gasteiger partial charge on any atom is -0.497 e. The average molecular weight is 492 g/mol. The molecule has 3 saturated heterocycles. The first-order valence-corrected chi connectivity index (χ1v) is 12.7. The zero-order valence-electron chi connectivity index (χ0n) is 20.7. The van der Waals surface area contributed by atoms with Crippen LogP contribution in [0.5, 0.6) is 5.75 Å². The highest BCUT2D eigenvalue weighted by Gasteiger charge is 2.55. The fraction of sp³-hybridized carbons (Fsp3) is 0.464. The van der Waals surface area contributed by atoms with Crippen LogP contribution in [-0.4, -0.2) is 84.1 Å². The van der Waals surface area contributed by atoms with Gasteiger partial charge in [0.1, 0.15) is 17.5 Å². The van der Waals surface area contributed by atoms with Gasteiger partial charge in [0, 0.05) is 44.6 Å². The number of benzene rings is 2. The van der Waals surface area contributed by atoms with E-state index in [0.29, 0.717) is 56.8 Å². The Bertz CT molecular complexity index is 1090. The summed E-state index contributed by atoms with van der Waals surface area (Å²) in [5.74, 6) is 0.450. The van der Waals surface area contributed by atoms with E-state index >= 15 is 0 Å². The number of likely N-dealkylation sites (tertiary alicyclic amines) is 2. The van der Waals surface area contributed by atoms with Crippen molar-refractivity contribution in [3.8, 4) is 5.75 Å². The number of ether oxygens (including phenoxy) is 2. The largest absolute Gasteiger partial charge is 0.497 e. The SMILES string of the molecule is COc1ccc(C(=O)N2[C@H](C(=O)N3CCCC3)COC23CCN(C(=O)Cc2ccccc2)CC3)cc1. The molecule has 3 aliphatic rings. The van der Waals surface area contributed by atoms with Gasteiger partial charge in [-0.25, -0.2) is 0 Å². The van der Waals surface area contributed by atoms with E-state index in [-0.39, 0.29) is 24.3 Å². The fourth-order valence-electron chi connectivity index (χ4n) is 5.56. The molecule has 190 valence electrons. The number of hydrogen-bond donors (Lipinski definition) is 0. The van der Waals surface area contributed by atoms with Crippen LogP contribution in [0.1, 0.15) is 41.6 Å². The Morgan fingerprint density at radius 3 is 2.22 bits per heavy atom. The minimum atomic E-state index is -0.902. The Balaban J connectivity index is 1.35. The van der Waals surface area contributed by atoms with Crippen LogP contribution in [0, 0.1) is 0 Å². The molecule has 3 heterocycles. The summed E-state index contributed by atoms with van der Waals surface area (Å²) < 4.78 is 11.6. The van der Waals surface area contributed by atoms with Crippen LogP contribution in [0.4, 0.5) is 0 Å². The van der Waals surface area contributed by atoms with Crippen LogP contribution >= 0.6 is 0 Å². The molecule has 1 spiro atoms. The maximum absolute atomic E-state index is 13.9. The topological polar surface area (TPSA) is 79.4 Å². The van der Waals surface area contributed by atoms with Crippen LogP contribution < -0.4 is 4.74 Å². The van der Waals surface area contributed by atoms with Gasteiger partial charge in [0.15, 0.2) is 0 Å². The van der Waals surface area contributed by atoms with Crippen LogP contribution in [-0.2, 0) is 20.7 Å². The molecule has 36 heavy (non-hydrogen) atoms. The molecule has 0 bridgehead atoms. The number of carbonyl (C=O) groups excluding carboxylic acids is 3. The van der Waals surface area contributed by atoms with Gasteiger partial charge >= 0.3 is 0 Å². The van der Waals surface area contributed by atoms with Crippen molar-refractivity contribution in [1.82, 2.24) is 14.7 Å². The van der Waals surface area contributed by atoms with Gasteiger partial charge in [-0.3, -0.25) is 19.3 Å². The van der Waals surface area contributed by atoms with Gasteiger partial charge in [-0.15, -0.1) is 0 Å². The molecular formula is C28H33N3O5. The van der Waals surface area contributed by atoms with E-state index in [4.69, 9.17) is 9.47 Å². The lowest BCUT2D eigenvalue weighted by atomic mass is 9.96. The van der Waals surface area contributed by atoms with E-state index in [2.05, 4.69) is 0 Å². The number of methoxy groups -OCH3 is 1.